The largest absolute Gasteiger partial charge is 0.463 e. The first-order valence-corrected chi connectivity index (χ1v) is 9.61. The third-order valence-corrected chi connectivity index (χ3v) is 6.09. The van der Waals surface area contributed by atoms with Crippen LogP contribution in [0, 0.1) is 0 Å². The minimum Gasteiger partial charge on any atom is -0.463 e. The van der Waals surface area contributed by atoms with Gasteiger partial charge in [0.25, 0.3) is 0 Å². The Bertz CT molecular complexity index is 969. The maximum Gasteiger partial charge on any atom is 0.244 e. The first-order chi connectivity index (χ1) is 12.6. The van der Waals surface area contributed by atoms with E-state index in [1.807, 2.05) is 11.0 Å². The Kier molecular flexibility index (Phi) is 4.39. The molecule has 0 spiro atoms. The quantitative estimate of drug-likeness (QED) is 0.688. The van der Waals surface area contributed by atoms with E-state index in [4.69, 9.17) is 4.42 Å². The highest BCUT2D eigenvalue weighted by Gasteiger charge is 2.29. The molecule has 0 amide bonds. The van der Waals surface area contributed by atoms with E-state index in [-0.39, 0.29) is 4.90 Å². The predicted octanol–water partition coefficient (Wildman–Crippen LogP) is 1.64. The van der Waals surface area contributed by atoms with Crippen LogP contribution in [-0.4, -0.2) is 53.9 Å². The molecule has 1 aliphatic rings. The Labute approximate surface area is 151 Å². The number of rotatable bonds is 4. The molecular weight excluding hydrogens is 354 g/mol. The van der Waals surface area contributed by atoms with Gasteiger partial charge in [-0.2, -0.15) is 4.31 Å². The van der Waals surface area contributed by atoms with Crippen molar-refractivity contribution in [3.8, 4) is 11.5 Å². The lowest BCUT2D eigenvalue weighted by atomic mass is 10.3. The second kappa shape index (κ2) is 6.85. The summed E-state index contributed by atoms with van der Waals surface area (Å²) < 4.78 is 32.2. The molecular formula is C17H17N5O3S. The molecule has 1 aliphatic heterocycles. The van der Waals surface area contributed by atoms with Crippen molar-refractivity contribution in [1.29, 1.82) is 0 Å². The molecule has 1 fully saturated rings. The smallest absolute Gasteiger partial charge is 0.244 e. The van der Waals surface area contributed by atoms with Crippen LogP contribution in [0.3, 0.4) is 0 Å². The lowest BCUT2D eigenvalue weighted by molar-refractivity contribution is 0.382. The van der Waals surface area contributed by atoms with E-state index in [1.165, 1.54) is 10.5 Å². The van der Waals surface area contributed by atoms with Crippen molar-refractivity contribution in [2.45, 2.75) is 4.90 Å². The van der Waals surface area contributed by atoms with Gasteiger partial charge < -0.3 is 9.32 Å². The summed E-state index contributed by atoms with van der Waals surface area (Å²) in [5.74, 6) is 1.24. The van der Waals surface area contributed by atoms with E-state index in [0.29, 0.717) is 43.6 Å². The summed E-state index contributed by atoms with van der Waals surface area (Å²) in [5, 5.41) is 0. The Balaban J connectivity index is 1.48. The third-order valence-electron chi connectivity index (χ3n) is 4.21. The fraction of sp³-hybridized carbons (Fsp3) is 0.235. The number of sulfonamides is 1. The molecule has 3 aromatic heterocycles. The first kappa shape index (κ1) is 16.7. The zero-order chi connectivity index (χ0) is 18.0. The number of hydrogen-bond donors (Lipinski definition) is 0. The second-order valence-electron chi connectivity index (χ2n) is 5.80. The van der Waals surface area contributed by atoms with Gasteiger partial charge in [0.15, 0.2) is 5.76 Å². The number of aromatic nitrogens is 3. The van der Waals surface area contributed by atoms with Crippen LogP contribution in [-0.2, 0) is 10.0 Å². The van der Waals surface area contributed by atoms with Gasteiger partial charge in [-0.1, -0.05) is 0 Å². The number of anilines is 1. The second-order valence-corrected chi connectivity index (χ2v) is 7.74. The number of pyridine rings is 1. The fourth-order valence-electron chi connectivity index (χ4n) is 2.84. The fourth-order valence-corrected chi connectivity index (χ4v) is 4.23. The van der Waals surface area contributed by atoms with Crippen LogP contribution in [0.2, 0.25) is 0 Å². The monoisotopic (exact) mass is 371 g/mol. The number of furan rings is 1. The summed E-state index contributed by atoms with van der Waals surface area (Å²) in [6.07, 6.45) is 6.20. The van der Waals surface area contributed by atoms with Gasteiger partial charge in [-0.05, 0) is 30.3 Å². The zero-order valence-corrected chi connectivity index (χ0v) is 14.7. The highest BCUT2D eigenvalue weighted by Crippen LogP contribution is 2.21. The molecule has 4 heterocycles. The molecule has 0 bridgehead atoms. The minimum absolute atomic E-state index is 0.213. The molecule has 0 radical (unpaired) electrons. The summed E-state index contributed by atoms with van der Waals surface area (Å²) in [6, 6.07) is 8.61. The van der Waals surface area contributed by atoms with Crippen LogP contribution in [0.25, 0.3) is 11.5 Å². The van der Waals surface area contributed by atoms with Crippen LogP contribution in [0.15, 0.2) is 64.5 Å². The van der Waals surface area contributed by atoms with Crippen molar-refractivity contribution < 1.29 is 12.8 Å². The third kappa shape index (κ3) is 3.18. The maximum absolute atomic E-state index is 12.7. The Morgan fingerprint density at radius 1 is 1.00 bits per heavy atom. The van der Waals surface area contributed by atoms with Crippen molar-refractivity contribution in [3.05, 3.63) is 55.2 Å². The van der Waals surface area contributed by atoms with Crippen LogP contribution < -0.4 is 4.90 Å². The van der Waals surface area contributed by atoms with Crippen molar-refractivity contribution in [1.82, 2.24) is 19.3 Å². The van der Waals surface area contributed by atoms with Gasteiger partial charge in [0.1, 0.15) is 10.6 Å². The molecule has 0 aliphatic carbocycles. The Hall–Kier alpha value is -2.78. The predicted molar refractivity (Wildman–Crippen MR) is 94.9 cm³/mol. The summed E-state index contributed by atoms with van der Waals surface area (Å²) in [7, 11) is -3.52. The minimum atomic E-state index is -3.52. The van der Waals surface area contributed by atoms with Crippen LogP contribution >= 0.6 is 0 Å². The molecule has 0 aromatic carbocycles. The molecule has 0 unspecified atom stereocenters. The topological polar surface area (TPSA) is 92.4 Å². The van der Waals surface area contributed by atoms with Crippen molar-refractivity contribution in [2.75, 3.05) is 31.1 Å². The highest BCUT2D eigenvalue weighted by atomic mass is 32.2. The van der Waals surface area contributed by atoms with Gasteiger partial charge in [0.05, 0.1) is 6.26 Å². The number of hydrogen-bond acceptors (Lipinski definition) is 7. The van der Waals surface area contributed by atoms with Crippen molar-refractivity contribution in [3.63, 3.8) is 0 Å². The molecule has 134 valence electrons. The molecule has 9 heteroatoms. The number of nitrogens with zero attached hydrogens (tertiary/aromatic N) is 5. The zero-order valence-electron chi connectivity index (χ0n) is 13.9. The number of piperazine rings is 1. The summed E-state index contributed by atoms with van der Waals surface area (Å²) in [4.78, 5) is 14.9. The molecule has 0 atom stereocenters. The van der Waals surface area contributed by atoms with Crippen LogP contribution in [0.1, 0.15) is 0 Å². The SMILES string of the molecule is O=S(=O)(c1cccnc1)N1CCN(c2nccc(-c3ccco3)n2)CC1. The molecule has 26 heavy (non-hydrogen) atoms. The van der Waals surface area contributed by atoms with Crippen LogP contribution in [0.4, 0.5) is 5.95 Å². The molecule has 0 saturated carbocycles. The highest BCUT2D eigenvalue weighted by molar-refractivity contribution is 7.89. The maximum atomic E-state index is 12.7. The Morgan fingerprint density at radius 3 is 2.54 bits per heavy atom. The Morgan fingerprint density at radius 2 is 1.85 bits per heavy atom. The molecule has 8 nitrogen and oxygen atoms in total. The van der Waals surface area contributed by atoms with Gasteiger partial charge in [0.2, 0.25) is 16.0 Å². The van der Waals surface area contributed by atoms with E-state index in [0.717, 1.165) is 0 Å². The van der Waals surface area contributed by atoms with Gasteiger partial charge in [0, 0.05) is 44.8 Å². The van der Waals surface area contributed by atoms with Gasteiger partial charge in [-0.15, -0.1) is 0 Å². The van der Waals surface area contributed by atoms with E-state index < -0.39 is 10.0 Å². The lowest BCUT2D eigenvalue weighted by Gasteiger charge is -2.33. The van der Waals surface area contributed by atoms with E-state index in [2.05, 4.69) is 15.0 Å². The van der Waals surface area contributed by atoms with Gasteiger partial charge >= 0.3 is 0 Å². The van der Waals surface area contributed by atoms with Crippen molar-refractivity contribution in [2.24, 2.45) is 0 Å². The normalized spacial score (nSPS) is 15.9. The van der Waals surface area contributed by atoms with Gasteiger partial charge in [-0.3, -0.25) is 4.98 Å². The first-order valence-electron chi connectivity index (χ1n) is 8.17. The van der Waals surface area contributed by atoms with Crippen LogP contribution in [0.5, 0.6) is 0 Å². The molecule has 0 N–H and O–H groups in total. The lowest BCUT2D eigenvalue weighted by Crippen LogP contribution is -2.49. The summed E-state index contributed by atoms with van der Waals surface area (Å²) in [6.45, 7) is 1.76. The van der Waals surface area contributed by atoms with E-state index in [1.54, 1.807) is 42.9 Å². The average molecular weight is 371 g/mol. The van der Waals surface area contributed by atoms with E-state index >= 15 is 0 Å². The molecule has 3 aromatic rings. The summed E-state index contributed by atoms with van der Waals surface area (Å²) >= 11 is 0. The van der Waals surface area contributed by atoms with E-state index in [9.17, 15) is 8.42 Å². The summed E-state index contributed by atoms with van der Waals surface area (Å²) in [5.41, 5.74) is 0.699. The average Bonchev–Trinajstić information content (AvgIpc) is 3.24. The van der Waals surface area contributed by atoms with Crippen molar-refractivity contribution >= 4 is 16.0 Å². The molecule has 1 saturated heterocycles. The molecule has 4 rings (SSSR count). The van der Waals surface area contributed by atoms with Gasteiger partial charge in [-0.25, -0.2) is 18.4 Å². The standard InChI is InChI=1S/C17H17N5O3S/c23-26(24,14-3-1-6-18-13-14)22-10-8-21(9-11-22)17-19-7-5-15(20-17)16-4-2-12-25-16/h1-7,12-13H,8-11H2.